The van der Waals surface area contributed by atoms with E-state index < -0.39 is 29.7 Å². The van der Waals surface area contributed by atoms with Gasteiger partial charge in [-0.05, 0) is 52.2 Å². The Morgan fingerprint density at radius 3 is 2.29 bits per heavy atom. The maximum Gasteiger partial charge on any atom is 0.408 e. The average Bonchev–Trinajstić information content (AvgIpc) is 2.74. The molecule has 0 spiro atoms. The average molecular weight is 470 g/mol. The number of alkyl carbamates (subject to hydrolysis) is 1. The first-order chi connectivity index (χ1) is 15.9. The van der Waals surface area contributed by atoms with E-state index in [1.165, 1.54) is 4.90 Å². The minimum Gasteiger partial charge on any atom is -0.444 e. The highest BCUT2D eigenvalue weighted by Gasteiger charge is 2.38. The maximum atomic E-state index is 13.9. The SMILES string of the molecule is C#Cc1ccccc1C(C(=O)NC(C)C)N(CC=C)C(=O)C(NC(=O)OC(C)(C)C)C(C)CC. The van der Waals surface area contributed by atoms with Gasteiger partial charge in [-0.25, -0.2) is 4.79 Å². The Morgan fingerprint density at radius 2 is 1.79 bits per heavy atom. The fraction of sp³-hybridized carbons (Fsp3) is 0.519. The van der Waals surface area contributed by atoms with Crippen LogP contribution in [0.1, 0.15) is 72.1 Å². The Hall–Kier alpha value is -3.27. The number of rotatable bonds is 10. The number of amides is 3. The Morgan fingerprint density at radius 1 is 1.18 bits per heavy atom. The van der Waals surface area contributed by atoms with Crippen LogP contribution >= 0.6 is 0 Å². The van der Waals surface area contributed by atoms with Gasteiger partial charge in [0.15, 0.2) is 0 Å². The molecule has 186 valence electrons. The molecule has 1 aromatic rings. The molecule has 34 heavy (non-hydrogen) atoms. The molecule has 3 unspecified atom stereocenters. The first-order valence-corrected chi connectivity index (χ1v) is 11.6. The number of benzene rings is 1. The van der Waals surface area contributed by atoms with Gasteiger partial charge >= 0.3 is 6.09 Å². The summed E-state index contributed by atoms with van der Waals surface area (Å²) in [6.45, 7) is 16.6. The van der Waals surface area contributed by atoms with Crippen molar-refractivity contribution in [2.24, 2.45) is 5.92 Å². The number of hydrogen-bond donors (Lipinski definition) is 2. The van der Waals surface area contributed by atoms with Gasteiger partial charge in [-0.3, -0.25) is 9.59 Å². The van der Waals surface area contributed by atoms with Crippen molar-refractivity contribution in [1.29, 1.82) is 0 Å². The zero-order chi connectivity index (χ0) is 26.1. The summed E-state index contributed by atoms with van der Waals surface area (Å²) in [5.74, 6) is 1.60. The van der Waals surface area contributed by atoms with E-state index in [0.29, 0.717) is 17.5 Å². The van der Waals surface area contributed by atoms with Gasteiger partial charge in [0.1, 0.15) is 17.7 Å². The molecule has 0 bridgehead atoms. The molecule has 0 aliphatic rings. The molecule has 1 rings (SSSR count). The van der Waals surface area contributed by atoms with Gasteiger partial charge in [-0.2, -0.15) is 0 Å². The zero-order valence-electron chi connectivity index (χ0n) is 21.5. The molecule has 1 aromatic carbocycles. The van der Waals surface area contributed by atoms with Crippen LogP contribution in [0, 0.1) is 18.3 Å². The topological polar surface area (TPSA) is 87.7 Å². The van der Waals surface area contributed by atoms with Crippen LogP contribution in [0.3, 0.4) is 0 Å². The molecule has 0 heterocycles. The minimum atomic E-state index is -1.01. The zero-order valence-corrected chi connectivity index (χ0v) is 21.5. The number of nitrogens with zero attached hydrogens (tertiary/aromatic N) is 1. The lowest BCUT2D eigenvalue weighted by Crippen LogP contribution is -2.55. The molecular formula is C27H39N3O4. The normalized spacial score (nSPS) is 13.7. The van der Waals surface area contributed by atoms with Crippen LogP contribution in [-0.4, -0.2) is 47.0 Å². The quantitative estimate of drug-likeness (QED) is 0.397. The predicted octanol–water partition coefficient (Wildman–Crippen LogP) is 4.19. The van der Waals surface area contributed by atoms with Crippen LogP contribution < -0.4 is 10.6 Å². The van der Waals surface area contributed by atoms with Crippen LogP contribution in [-0.2, 0) is 14.3 Å². The lowest BCUT2D eigenvalue weighted by Gasteiger charge is -2.36. The highest BCUT2D eigenvalue weighted by molar-refractivity contribution is 5.93. The van der Waals surface area contributed by atoms with Crippen LogP contribution in [0.15, 0.2) is 36.9 Å². The van der Waals surface area contributed by atoms with Crippen LogP contribution in [0.4, 0.5) is 4.79 Å². The van der Waals surface area contributed by atoms with Crippen molar-refractivity contribution in [2.75, 3.05) is 6.54 Å². The summed E-state index contributed by atoms with van der Waals surface area (Å²) in [6, 6.07) is 4.95. The van der Waals surface area contributed by atoms with Crippen molar-refractivity contribution in [2.45, 2.75) is 78.6 Å². The number of terminal acetylenes is 1. The minimum absolute atomic E-state index is 0.0802. The summed E-state index contributed by atoms with van der Waals surface area (Å²) < 4.78 is 5.39. The summed E-state index contributed by atoms with van der Waals surface area (Å²) in [4.78, 5) is 41.3. The van der Waals surface area contributed by atoms with Gasteiger partial charge in [0.2, 0.25) is 11.8 Å². The number of hydrogen-bond acceptors (Lipinski definition) is 4. The Balaban J connectivity index is 3.55. The molecule has 0 fully saturated rings. The summed E-state index contributed by atoms with van der Waals surface area (Å²) in [6.07, 6.45) is 7.19. The van der Waals surface area contributed by atoms with E-state index in [4.69, 9.17) is 11.2 Å². The molecule has 3 atom stereocenters. The first kappa shape index (κ1) is 28.8. The largest absolute Gasteiger partial charge is 0.444 e. The van der Waals surface area contributed by atoms with Gasteiger partial charge in [0.05, 0.1) is 0 Å². The van der Waals surface area contributed by atoms with E-state index >= 15 is 0 Å². The molecular weight excluding hydrogens is 430 g/mol. The van der Waals surface area contributed by atoms with E-state index in [9.17, 15) is 14.4 Å². The van der Waals surface area contributed by atoms with E-state index in [0.717, 1.165) is 0 Å². The van der Waals surface area contributed by atoms with Crippen molar-refractivity contribution >= 4 is 17.9 Å². The fourth-order valence-electron chi connectivity index (χ4n) is 3.44. The molecule has 7 nitrogen and oxygen atoms in total. The second kappa shape index (κ2) is 12.8. The van der Waals surface area contributed by atoms with Gasteiger partial charge < -0.3 is 20.3 Å². The summed E-state index contributed by atoms with van der Waals surface area (Å²) in [7, 11) is 0. The van der Waals surface area contributed by atoms with E-state index in [-0.39, 0.29) is 24.4 Å². The lowest BCUT2D eigenvalue weighted by molar-refractivity contribution is -0.143. The monoisotopic (exact) mass is 469 g/mol. The summed E-state index contributed by atoms with van der Waals surface area (Å²) >= 11 is 0. The van der Waals surface area contributed by atoms with Crippen molar-refractivity contribution in [3.05, 3.63) is 48.0 Å². The van der Waals surface area contributed by atoms with Crippen LogP contribution in [0.2, 0.25) is 0 Å². The molecule has 2 N–H and O–H groups in total. The number of carbonyl (C=O) groups is 3. The molecule has 0 saturated carbocycles. The summed E-state index contributed by atoms with van der Waals surface area (Å²) in [5.41, 5.74) is 0.311. The molecule has 0 aliphatic carbocycles. The second-order valence-electron chi connectivity index (χ2n) is 9.59. The van der Waals surface area contributed by atoms with Crippen molar-refractivity contribution in [3.8, 4) is 12.3 Å². The smallest absolute Gasteiger partial charge is 0.408 e. The van der Waals surface area contributed by atoms with Crippen molar-refractivity contribution in [1.82, 2.24) is 15.5 Å². The highest BCUT2D eigenvalue weighted by Crippen LogP contribution is 2.27. The fourth-order valence-corrected chi connectivity index (χ4v) is 3.44. The molecule has 0 saturated heterocycles. The standard InChI is InChI=1S/C27H39N3O4/c1-10-17-30(25(32)22(19(6)11-2)29-26(33)34-27(7,8)9)23(24(31)28-18(4)5)21-16-14-13-15-20(21)12-3/h3,10,13-16,18-19,22-23H,1,11,17H2,2,4-9H3,(H,28,31)(H,29,33). The number of ether oxygens (including phenoxy) is 1. The molecule has 0 aromatic heterocycles. The van der Waals surface area contributed by atoms with Crippen LogP contribution in [0.25, 0.3) is 0 Å². The lowest BCUT2D eigenvalue weighted by atomic mass is 9.94. The van der Waals surface area contributed by atoms with Gasteiger partial charge in [-0.1, -0.05) is 50.5 Å². The maximum absolute atomic E-state index is 13.9. The van der Waals surface area contributed by atoms with E-state index in [1.54, 1.807) is 51.1 Å². The first-order valence-electron chi connectivity index (χ1n) is 11.6. The van der Waals surface area contributed by atoms with Crippen LogP contribution in [0.5, 0.6) is 0 Å². The third kappa shape index (κ3) is 8.26. The molecule has 0 radical (unpaired) electrons. The van der Waals surface area contributed by atoms with E-state index in [1.807, 2.05) is 27.7 Å². The molecule has 7 heteroatoms. The third-order valence-corrected chi connectivity index (χ3v) is 5.16. The number of carbonyl (C=O) groups excluding carboxylic acids is 3. The highest BCUT2D eigenvalue weighted by atomic mass is 16.6. The van der Waals surface area contributed by atoms with Gasteiger partial charge in [-0.15, -0.1) is 13.0 Å². The molecule has 0 aliphatic heterocycles. The predicted molar refractivity (Wildman–Crippen MR) is 135 cm³/mol. The van der Waals surface area contributed by atoms with Gasteiger partial charge in [0, 0.05) is 18.2 Å². The third-order valence-electron chi connectivity index (χ3n) is 5.16. The van der Waals surface area contributed by atoms with E-state index in [2.05, 4.69) is 23.1 Å². The summed E-state index contributed by atoms with van der Waals surface area (Å²) in [5, 5.41) is 5.61. The van der Waals surface area contributed by atoms with Gasteiger partial charge in [0.25, 0.3) is 0 Å². The van der Waals surface area contributed by atoms with Crippen molar-refractivity contribution < 1.29 is 19.1 Å². The Bertz CT molecular complexity index is 911. The Labute approximate surface area is 204 Å². The van der Waals surface area contributed by atoms with Crippen molar-refractivity contribution in [3.63, 3.8) is 0 Å². The Kier molecular flexibility index (Phi) is 10.9. The molecule has 3 amide bonds. The second-order valence-corrected chi connectivity index (χ2v) is 9.59. The number of nitrogens with one attached hydrogen (secondary N) is 2.